The maximum Gasteiger partial charge on any atom is 0.242 e. The van der Waals surface area contributed by atoms with E-state index in [4.69, 9.17) is 4.74 Å². The zero-order valence-corrected chi connectivity index (χ0v) is 13.6. The number of hydrogen-bond acceptors (Lipinski definition) is 3. The van der Waals surface area contributed by atoms with Gasteiger partial charge in [0.25, 0.3) is 0 Å². The SMILES string of the molecule is CCNC(=NCCOCC)N(C)CC(=O)N(CC)CC. The highest BCUT2D eigenvalue weighted by Gasteiger charge is 2.14. The molecule has 0 saturated carbocycles. The molecule has 0 heterocycles. The fraction of sp³-hybridized carbons (Fsp3) is 0.857. The fourth-order valence-corrected chi connectivity index (χ4v) is 1.78. The Morgan fingerprint density at radius 1 is 1.20 bits per heavy atom. The van der Waals surface area contributed by atoms with E-state index >= 15 is 0 Å². The first-order valence-corrected chi connectivity index (χ1v) is 7.45. The van der Waals surface area contributed by atoms with E-state index in [9.17, 15) is 4.79 Å². The van der Waals surface area contributed by atoms with E-state index in [1.54, 1.807) is 0 Å². The molecule has 0 aliphatic carbocycles. The summed E-state index contributed by atoms with van der Waals surface area (Å²) in [5.74, 6) is 0.862. The van der Waals surface area contributed by atoms with Gasteiger partial charge in [0, 0.05) is 33.3 Å². The van der Waals surface area contributed by atoms with Crippen molar-refractivity contribution in [2.45, 2.75) is 27.7 Å². The Labute approximate surface area is 123 Å². The summed E-state index contributed by atoms with van der Waals surface area (Å²) in [6.45, 7) is 12.4. The lowest BCUT2D eigenvalue weighted by atomic mass is 10.4. The zero-order valence-electron chi connectivity index (χ0n) is 13.6. The molecular formula is C14H30N4O2. The first-order chi connectivity index (χ1) is 9.60. The van der Waals surface area contributed by atoms with Crippen LogP contribution in [0.4, 0.5) is 0 Å². The second kappa shape index (κ2) is 11.5. The van der Waals surface area contributed by atoms with Crippen molar-refractivity contribution in [2.24, 2.45) is 4.99 Å². The van der Waals surface area contributed by atoms with Gasteiger partial charge >= 0.3 is 0 Å². The first kappa shape index (κ1) is 18.7. The topological polar surface area (TPSA) is 57.2 Å². The number of ether oxygens (including phenoxy) is 1. The molecule has 0 aromatic heterocycles. The van der Waals surface area contributed by atoms with Gasteiger partial charge in [0.05, 0.1) is 19.7 Å². The molecule has 0 bridgehead atoms. The second-order valence-electron chi connectivity index (χ2n) is 4.35. The van der Waals surface area contributed by atoms with E-state index < -0.39 is 0 Å². The first-order valence-electron chi connectivity index (χ1n) is 7.45. The van der Waals surface area contributed by atoms with Gasteiger partial charge in [-0.1, -0.05) is 0 Å². The average Bonchev–Trinajstić information content (AvgIpc) is 2.43. The lowest BCUT2D eigenvalue weighted by Crippen LogP contribution is -2.45. The van der Waals surface area contributed by atoms with Crippen LogP contribution in [0.5, 0.6) is 0 Å². The third-order valence-corrected chi connectivity index (χ3v) is 2.89. The molecule has 0 aromatic carbocycles. The van der Waals surface area contributed by atoms with Crippen molar-refractivity contribution < 1.29 is 9.53 Å². The van der Waals surface area contributed by atoms with Crippen LogP contribution in [-0.2, 0) is 9.53 Å². The Morgan fingerprint density at radius 2 is 1.85 bits per heavy atom. The second-order valence-corrected chi connectivity index (χ2v) is 4.35. The maximum atomic E-state index is 12.1. The minimum absolute atomic E-state index is 0.118. The predicted octanol–water partition coefficient (Wildman–Crippen LogP) is 0.789. The van der Waals surface area contributed by atoms with Crippen LogP contribution < -0.4 is 5.32 Å². The van der Waals surface area contributed by atoms with Crippen molar-refractivity contribution >= 4 is 11.9 Å². The third kappa shape index (κ3) is 7.33. The molecule has 0 aliphatic rings. The number of nitrogens with zero attached hydrogens (tertiary/aromatic N) is 3. The molecule has 1 amide bonds. The van der Waals surface area contributed by atoms with Gasteiger partial charge in [0.15, 0.2) is 5.96 Å². The highest BCUT2D eigenvalue weighted by atomic mass is 16.5. The molecule has 0 spiro atoms. The van der Waals surface area contributed by atoms with Gasteiger partial charge in [-0.25, -0.2) is 0 Å². The summed E-state index contributed by atoms with van der Waals surface area (Å²) in [6.07, 6.45) is 0. The number of nitrogens with one attached hydrogen (secondary N) is 1. The van der Waals surface area contributed by atoms with Crippen molar-refractivity contribution in [3.63, 3.8) is 0 Å². The number of carbonyl (C=O) groups is 1. The largest absolute Gasteiger partial charge is 0.380 e. The summed E-state index contributed by atoms with van der Waals surface area (Å²) >= 11 is 0. The summed E-state index contributed by atoms with van der Waals surface area (Å²) in [7, 11) is 1.88. The highest BCUT2D eigenvalue weighted by Crippen LogP contribution is 1.94. The van der Waals surface area contributed by atoms with Crippen molar-refractivity contribution in [2.75, 3.05) is 53.0 Å². The highest BCUT2D eigenvalue weighted by molar-refractivity contribution is 5.86. The zero-order chi connectivity index (χ0) is 15.4. The normalized spacial score (nSPS) is 11.3. The minimum atomic E-state index is 0.118. The summed E-state index contributed by atoms with van der Waals surface area (Å²) in [5, 5.41) is 3.19. The van der Waals surface area contributed by atoms with Gasteiger partial charge in [-0.2, -0.15) is 0 Å². The number of aliphatic imine (C=N–C) groups is 1. The number of carbonyl (C=O) groups excluding carboxylic acids is 1. The fourth-order valence-electron chi connectivity index (χ4n) is 1.78. The molecule has 1 N–H and O–H groups in total. The summed E-state index contributed by atoms with van der Waals surface area (Å²) in [4.78, 5) is 20.2. The molecule has 118 valence electrons. The van der Waals surface area contributed by atoms with Crippen LogP contribution in [0.1, 0.15) is 27.7 Å². The van der Waals surface area contributed by atoms with Gasteiger partial charge in [-0.3, -0.25) is 9.79 Å². The van der Waals surface area contributed by atoms with E-state index in [0.29, 0.717) is 26.3 Å². The summed E-state index contributed by atoms with van der Waals surface area (Å²) in [6, 6.07) is 0. The third-order valence-electron chi connectivity index (χ3n) is 2.89. The van der Waals surface area contributed by atoms with Crippen molar-refractivity contribution in [3.05, 3.63) is 0 Å². The monoisotopic (exact) mass is 286 g/mol. The van der Waals surface area contributed by atoms with Gasteiger partial charge in [-0.15, -0.1) is 0 Å². The van der Waals surface area contributed by atoms with E-state index in [2.05, 4.69) is 10.3 Å². The van der Waals surface area contributed by atoms with Crippen LogP contribution in [0.25, 0.3) is 0 Å². The molecule has 0 rings (SSSR count). The van der Waals surface area contributed by atoms with Gasteiger partial charge in [-0.05, 0) is 27.7 Å². The number of guanidine groups is 1. The Hall–Kier alpha value is -1.30. The molecule has 0 aromatic rings. The molecule has 0 aliphatic heterocycles. The maximum absolute atomic E-state index is 12.1. The van der Waals surface area contributed by atoms with Crippen molar-refractivity contribution in [1.29, 1.82) is 0 Å². The van der Waals surface area contributed by atoms with Crippen LogP contribution >= 0.6 is 0 Å². The number of rotatable bonds is 9. The number of likely N-dealkylation sites (N-methyl/N-ethyl adjacent to an activating group) is 2. The number of hydrogen-bond donors (Lipinski definition) is 1. The van der Waals surface area contributed by atoms with Crippen LogP contribution in [0.2, 0.25) is 0 Å². The Balaban J connectivity index is 4.47. The lowest BCUT2D eigenvalue weighted by molar-refractivity contribution is -0.131. The number of amides is 1. The Morgan fingerprint density at radius 3 is 2.35 bits per heavy atom. The summed E-state index contributed by atoms with van der Waals surface area (Å²) in [5.41, 5.74) is 0. The molecule has 6 heteroatoms. The molecule has 6 nitrogen and oxygen atoms in total. The average molecular weight is 286 g/mol. The molecular weight excluding hydrogens is 256 g/mol. The molecule has 0 saturated heterocycles. The molecule has 0 radical (unpaired) electrons. The van der Waals surface area contributed by atoms with Crippen LogP contribution in [0, 0.1) is 0 Å². The van der Waals surface area contributed by atoms with Gasteiger partial charge in [0.2, 0.25) is 5.91 Å². The van der Waals surface area contributed by atoms with Crippen LogP contribution in [-0.4, -0.2) is 74.7 Å². The Kier molecular flexibility index (Phi) is 10.8. The molecule has 0 fully saturated rings. The van der Waals surface area contributed by atoms with Crippen molar-refractivity contribution in [1.82, 2.24) is 15.1 Å². The smallest absolute Gasteiger partial charge is 0.242 e. The van der Waals surface area contributed by atoms with Crippen LogP contribution in [0.15, 0.2) is 4.99 Å². The molecule has 20 heavy (non-hydrogen) atoms. The molecule has 0 atom stereocenters. The van der Waals surface area contributed by atoms with E-state index in [-0.39, 0.29) is 5.91 Å². The van der Waals surface area contributed by atoms with Gasteiger partial charge in [0.1, 0.15) is 0 Å². The Bertz CT molecular complexity index is 291. The van der Waals surface area contributed by atoms with E-state index in [0.717, 1.165) is 25.6 Å². The lowest BCUT2D eigenvalue weighted by Gasteiger charge is -2.25. The van der Waals surface area contributed by atoms with E-state index in [1.807, 2.05) is 44.5 Å². The molecule has 0 unspecified atom stereocenters. The van der Waals surface area contributed by atoms with Crippen molar-refractivity contribution in [3.8, 4) is 0 Å². The quantitative estimate of drug-likeness (QED) is 0.387. The van der Waals surface area contributed by atoms with E-state index in [1.165, 1.54) is 0 Å². The van der Waals surface area contributed by atoms with Crippen LogP contribution in [0.3, 0.4) is 0 Å². The standard InChI is InChI=1S/C14H30N4O2/c1-6-15-14(16-10-11-20-9-4)17(5)12-13(19)18(7-2)8-3/h6-12H2,1-5H3,(H,15,16). The predicted molar refractivity (Wildman–Crippen MR) is 83.0 cm³/mol. The minimum Gasteiger partial charge on any atom is -0.380 e. The summed E-state index contributed by atoms with van der Waals surface area (Å²) < 4.78 is 5.27. The van der Waals surface area contributed by atoms with Gasteiger partial charge < -0.3 is 19.9 Å².